The maximum Gasteiger partial charge on any atom is 0.192 e. The summed E-state index contributed by atoms with van der Waals surface area (Å²) >= 11 is 7.45. The molecule has 1 aromatic carbocycles. The highest BCUT2D eigenvalue weighted by molar-refractivity contribution is 7.09. The van der Waals surface area contributed by atoms with E-state index in [-0.39, 0.29) is 11.9 Å². The van der Waals surface area contributed by atoms with Crippen LogP contribution < -0.4 is 5.73 Å². The molecule has 0 saturated carbocycles. The van der Waals surface area contributed by atoms with Crippen LogP contribution in [0.25, 0.3) is 0 Å². The Bertz CT molecular complexity index is 642. The highest BCUT2D eigenvalue weighted by atomic mass is 35.5. The van der Waals surface area contributed by atoms with Crippen LogP contribution in [0.15, 0.2) is 40.7 Å². The molecule has 2 heterocycles. The van der Waals surface area contributed by atoms with E-state index in [9.17, 15) is 4.39 Å². The maximum atomic E-state index is 14.1. The van der Waals surface area contributed by atoms with Crippen molar-refractivity contribution in [3.05, 3.63) is 57.0 Å². The van der Waals surface area contributed by atoms with Crippen LogP contribution in [0.2, 0.25) is 5.02 Å². The van der Waals surface area contributed by atoms with Crippen LogP contribution in [0.5, 0.6) is 0 Å². The minimum Gasteiger partial charge on any atom is -0.370 e. The van der Waals surface area contributed by atoms with Crippen molar-refractivity contribution in [1.29, 1.82) is 0 Å². The van der Waals surface area contributed by atoms with Gasteiger partial charge in [-0.05, 0) is 23.6 Å². The maximum absolute atomic E-state index is 14.1. The van der Waals surface area contributed by atoms with Gasteiger partial charge in [0.05, 0.1) is 19.1 Å². The summed E-state index contributed by atoms with van der Waals surface area (Å²) in [5, 5.41) is 2.40. The van der Waals surface area contributed by atoms with E-state index in [1.165, 1.54) is 10.9 Å². The number of hydrogen-bond donors (Lipinski definition) is 1. The Morgan fingerprint density at radius 2 is 2.30 bits per heavy atom. The molecule has 1 aliphatic rings. The number of hydrogen-bond acceptors (Lipinski definition) is 4. The van der Waals surface area contributed by atoms with Gasteiger partial charge < -0.3 is 10.6 Å². The lowest BCUT2D eigenvalue weighted by molar-refractivity contribution is 0.334. The molecule has 6 heteroatoms. The van der Waals surface area contributed by atoms with Crippen molar-refractivity contribution in [3.63, 3.8) is 0 Å². The number of halogens is 2. The van der Waals surface area contributed by atoms with E-state index in [1.54, 1.807) is 23.5 Å². The highest BCUT2D eigenvalue weighted by Gasteiger charge is 2.29. The highest BCUT2D eigenvalue weighted by Crippen LogP contribution is 2.30. The second kappa shape index (κ2) is 5.42. The van der Waals surface area contributed by atoms with Crippen molar-refractivity contribution in [1.82, 2.24) is 4.90 Å². The quantitative estimate of drug-likeness (QED) is 0.944. The average Bonchev–Trinajstić information content (AvgIpc) is 3.03. The standard InChI is InChI=1S/C14H13ClFN3S/c15-9-3-4-11(12(16)6-9)13-7-18-14(17)19(13)8-10-2-1-5-20-10/h1-6,13H,7-8H2,(H2,17,18). The van der Waals surface area contributed by atoms with E-state index in [0.717, 1.165) is 0 Å². The Labute approximate surface area is 125 Å². The van der Waals surface area contributed by atoms with Gasteiger partial charge in [0.15, 0.2) is 5.96 Å². The second-order valence-corrected chi connectivity index (χ2v) is 6.06. The van der Waals surface area contributed by atoms with Gasteiger partial charge in [0.1, 0.15) is 5.82 Å². The number of aliphatic imine (C=N–C) groups is 1. The third kappa shape index (κ3) is 2.51. The Balaban J connectivity index is 1.88. The molecule has 104 valence electrons. The monoisotopic (exact) mass is 309 g/mol. The largest absolute Gasteiger partial charge is 0.370 e. The molecule has 2 aromatic rings. The minimum absolute atomic E-state index is 0.172. The molecule has 0 saturated heterocycles. The zero-order valence-electron chi connectivity index (χ0n) is 10.6. The van der Waals surface area contributed by atoms with Crippen LogP contribution in [0.4, 0.5) is 4.39 Å². The smallest absolute Gasteiger partial charge is 0.192 e. The van der Waals surface area contributed by atoms with Crippen molar-refractivity contribution in [2.24, 2.45) is 10.7 Å². The molecular weight excluding hydrogens is 297 g/mol. The zero-order chi connectivity index (χ0) is 14.1. The van der Waals surface area contributed by atoms with Gasteiger partial charge in [-0.3, -0.25) is 4.99 Å². The van der Waals surface area contributed by atoms with E-state index in [1.807, 2.05) is 22.4 Å². The minimum atomic E-state index is -0.316. The molecule has 0 bridgehead atoms. The van der Waals surface area contributed by atoms with Crippen molar-refractivity contribution in [3.8, 4) is 0 Å². The number of nitrogens with zero attached hydrogens (tertiary/aromatic N) is 2. The van der Waals surface area contributed by atoms with E-state index in [2.05, 4.69) is 4.99 Å². The topological polar surface area (TPSA) is 41.6 Å². The third-order valence-corrected chi connectivity index (χ3v) is 4.42. The van der Waals surface area contributed by atoms with Crippen LogP contribution in [-0.2, 0) is 6.54 Å². The van der Waals surface area contributed by atoms with E-state index in [0.29, 0.717) is 29.6 Å². The third-order valence-electron chi connectivity index (χ3n) is 3.32. The summed E-state index contributed by atoms with van der Waals surface area (Å²) in [5.74, 6) is 0.140. The van der Waals surface area contributed by atoms with Gasteiger partial charge in [0.25, 0.3) is 0 Å². The summed E-state index contributed by atoms with van der Waals surface area (Å²) < 4.78 is 14.1. The zero-order valence-corrected chi connectivity index (χ0v) is 12.2. The summed E-state index contributed by atoms with van der Waals surface area (Å²) in [5.41, 5.74) is 6.51. The number of benzene rings is 1. The molecule has 1 aromatic heterocycles. The van der Waals surface area contributed by atoms with Gasteiger partial charge in [0, 0.05) is 15.5 Å². The van der Waals surface area contributed by atoms with Crippen LogP contribution in [0, 0.1) is 5.82 Å². The number of rotatable bonds is 3. The van der Waals surface area contributed by atoms with Gasteiger partial charge in [-0.2, -0.15) is 0 Å². The molecule has 0 amide bonds. The van der Waals surface area contributed by atoms with Crippen molar-refractivity contribution in [2.75, 3.05) is 6.54 Å². The molecule has 1 aliphatic heterocycles. The van der Waals surface area contributed by atoms with Gasteiger partial charge in [-0.25, -0.2) is 4.39 Å². The van der Waals surface area contributed by atoms with E-state index < -0.39 is 0 Å². The predicted octanol–water partition coefficient (Wildman–Crippen LogP) is 3.41. The first kappa shape index (κ1) is 13.4. The van der Waals surface area contributed by atoms with Gasteiger partial charge in [-0.1, -0.05) is 23.7 Å². The molecule has 1 atom stereocenters. The summed E-state index contributed by atoms with van der Waals surface area (Å²) in [6, 6.07) is 8.58. The first-order valence-electron chi connectivity index (χ1n) is 6.19. The lowest BCUT2D eigenvalue weighted by Crippen LogP contribution is -2.35. The molecule has 2 N–H and O–H groups in total. The number of thiophene rings is 1. The molecule has 0 fully saturated rings. The Morgan fingerprint density at radius 1 is 1.45 bits per heavy atom. The number of guanidine groups is 1. The molecule has 1 unspecified atom stereocenters. The van der Waals surface area contributed by atoms with Crippen molar-refractivity contribution in [2.45, 2.75) is 12.6 Å². The summed E-state index contributed by atoms with van der Waals surface area (Å²) in [4.78, 5) is 7.34. The fourth-order valence-electron chi connectivity index (χ4n) is 2.33. The lowest BCUT2D eigenvalue weighted by atomic mass is 10.1. The van der Waals surface area contributed by atoms with E-state index in [4.69, 9.17) is 17.3 Å². The summed E-state index contributed by atoms with van der Waals surface area (Å²) in [6.07, 6.45) is 0. The lowest BCUT2D eigenvalue weighted by Gasteiger charge is -2.26. The van der Waals surface area contributed by atoms with Gasteiger partial charge in [-0.15, -0.1) is 11.3 Å². The fourth-order valence-corrected chi connectivity index (χ4v) is 3.19. The van der Waals surface area contributed by atoms with Crippen LogP contribution in [0.3, 0.4) is 0 Å². The Morgan fingerprint density at radius 3 is 3.00 bits per heavy atom. The fraction of sp³-hybridized carbons (Fsp3) is 0.214. The summed E-state index contributed by atoms with van der Waals surface area (Å²) in [7, 11) is 0. The molecule has 0 radical (unpaired) electrons. The van der Waals surface area contributed by atoms with Gasteiger partial charge >= 0.3 is 0 Å². The van der Waals surface area contributed by atoms with Crippen LogP contribution >= 0.6 is 22.9 Å². The van der Waals surface area contributed by atoms with Gasteiger partial charge in [0.2, 0.25) is 0 Å². The Hall–Kier alpha value is -1.59. The SMILES string of the molecule is NC1=NCC(c2ccc(Cl)cc2F)N1Cc1cccs1. The molecule has 20 heavy (non-hydrogen) atoms. The second-order valence-electron chi connectivity index (χ2n) is 4.59. The Kier molecular flexibility index (Phi) is 3.63. The van der Waals surface area contributed by atoms with Crippen molar-refractivity contribution >= 4 is 28.9 Å². The molecule has 3 rings (SSSR count). The van der Waals surface area contributed by atoms with E-state index >= 15 is 0 Å². The summed E-state index contributed by atoms with van der Waals surface area (Å²) in [6.45, 7) is 1.11. The normalized spacial score (nSPS) is 18.4. The van der Waals surface area contributed by atoms with Crippen molar-refractivity contribution < 1.29 is 4.39 Å². The first-order valence-corrected chi connectivity index (χ1v) is 7.45. The predicted molar refractivity (Wildman–Crippen MR) is 80.5 cm³/mol. The molecule has 0 aliphatic carbocycles. The molecular formula is C14H13ClFN3S. The molecule has 3 nitrogen and oxygen atoms in total. The average molecular weight is 310 g/mol. The number of nitrogens with two attached hydrogens (primary N) is 1. The van der Waals surface area contributed by atoms with Crippen LogP contribution in [0.1, 0.15) is 16.5 Å². The molecule has 0 spiro atoms. The first-order chi connectivity index (χ1) is 9.65. The van der Waals surface area contributed by atoms with Crippen LogP contribution in [-0.4, -0.2) is 17.4 Å².